The molecule has 2 aromatic rings. The van der Waals surface area contributed by atoms with E-state index in [4.69, 9.17) is 4.74 Å². The molecule has 0 aliphatic heterocycles. The lowest BCUT2D eigenvalue weighted by Gasteiger charge is -2.09. The number of methoxy groups -OCH3 is 1. The number of esters is 2. The van der Waals surface area contributed by atoms with Crippen LogP contribution >= 0.6 is 0 Å². The van der Waals surface area contributed by atoms with Gasteiger partial charge in [0.2, 0.25) is 0 Å². The van der Waals surface area contributed by atoms with Gasteiger partial charge in [-0.3, -0.25) is 9.59 Å². The summed E-state index contributed by atoms with van der Waals surface area (Å²) < 4.78 is 9.40. The lowest BCUT2D eigenvalue weighted by atomic mass is 10.2. The van der Waals surface area contributed by atoms with Gasteiger partial charge in [0.15, 0.2) is 6.61 Å². The van der Waals surface area contributed by atoms with Crippen molar-refractivity contribution in [2.24, 2.45) is 0 Å². The molecule has 8 nitrogen and oxygen atoms in total. The molecule has 0 saturated carbocycles. The summed E-state index contributed by atoms with van der Waals surface area (Å²) in [6.45, 7) is -0.608. The monoisotopic (exact) mass is 330 g/mol. The van der Waals surface area contributed by atoms with E-state index in [2.05, 4.69) is 15.0 Å². The Balaban J connectivity index is 2.00. The van der Waals surface area contributed by atoms with Crippen LogP contribution in [0.3, 0.4) is 0 Å². The molecule has 0 saturated heterocycles. The van der Waals surface area contributed by atoms with E-state index in [0.29, 0.717) is 0 Å². The third-order valence-corrected chi connectivity index (χ3v) is 2.98. The lowest BCUT2D eigenvalue weighted by Crippen LogP contribution is -2.25. The van der Waals surface area contributed by atoms with Gasteiger partial charge in [-0.15, -0.1) is 0 Å². The topological polar surface area (TPSA) is 115 Å². The Kier molecular flexibility index (Phi) is 5.45. The summed E-state index contributed by atoms with van der Waals surface area (Å²) in [5.74, 6) is -2.20. The van der Waals surface area contributed by atoms with Gasteiger partial charge in [0, 0.05) is 6.20 Å². The largest absolute Gasteiger partial charge is 0.465 e. The fourth-order valence-electron chi connectivity index (χ4n) is 1.86. The van der Waals surface area contributed by atoms with Gasteiger partial charge < -0.3 is 19.8 Å². The van der Waals surface area contributed by atoms with E-state index in [0.717, 1.165) is 0 Å². The van der Waals surface area contributed by atoms with E-state index < -0.39 is 30.0 Å². The SMILES string of the molecule is COC(=O)c1ccccc1NC(=O)COC(=O)c1ccc[nH]c1=O. The Bertz CT molecular complexity index is 827. The summed E-state index contributed by atoms with van der Waals surface area (Å²) >= 11 is 0. The Morgan fingerprint density at radius 3 is 2.46 bits per heavy atom. The highest BCUT2D eigenvalue weighted by atomic mass is 16.5. The number of carbonyl (C=O) groups excluding carboxylic acids is 3. The zero-order valence-corrected chi connectivity index (χ0v) is 12.7. The Morgan fingerprint density at radius 2 is 1.75 bits per heavy atom. The smallest absolute Gasteiger partial charge is 0.344 e. The van der Waals surface area contributed by atoms with Crippen LogP contribution < -0.4 is 10.9 Å². The number of amides is 1. The standard InChI is InChI=1S/C16H14N2O6/c1-23-15(21)10-5-2-3-7-12(10)18-13(19)9-24-16(22)11-6-4-8-17-14(11)20/h2-8H,9H2,1H3,(H,17,20)(H,18,19). The summed E-state index contributed by atoms with van der Waals surface area (Å²) in [6.07, 6.45) is 1.37. The Morgan fingerprint density at radius 1 is 1.04 bits per heavy atom. The summed E-state index contributed by atoms with van der Waals surface area (Å²) in [5.41, 5.74) is -0.429. The summed E-state index contributed by atoms with van der Waals surface area (Å²) in [5, 5.41) is 2.44. The first-order valence-electron chi connectivity index (χ1n) is 6.85. The highest BCUT2D eigenvalue weighted by Crippen LogP contribution is 2.15. The highest BCUT2D eigenvalue weighted by Gasteiger charge is 2.16. The zero-order chi connectivity index (χ0) is 17.5. The number of aromatic nitrogens is 1. The van der Waals surface area contributed by atoms with Gasteiger partial charge in [0.05, 0.1) is 18.4 Å². The minimum Gasteiger partial charge on any atom is -0.465 e. The number of pyridine rings is 1. The minimum atomic E-state index is -0.923. The van der Waals surface area contributed by atoms with Crippen molar-refractivity contribution in [1.82, 2.24) is 4.98 Å². The number of anilines is 1. The summed E-state index contributed by atoms with van der Waals surface area (Å²) in [6, 6.07) is 8.97. The second kappa shape index (κ2) is 7.73. The van der Waals surface area contributed by atoms with Crippen LogP contribution in [0.1, 0.15) is 20.7 Å². The van der Waals surface area contributed by atoms with Crippen LogP contribution in [0.2, 0.25) is 0 Å². The fraction of sp³-hybridized carbons (Fsp3) is 0.125. The molecule has 0 spiro atoms. The third kappa shape index (κ3) is 4.07. The minimum absolute atomic E-state index is 0.166. The Labute approximate surface area is 136 Å². The van der Waals surface area contributed by atoms with Crippen molar-refractivity contribution in [2.45, 2.75) is 0 Å². The number of rotatable bonds is 5. The highest BCUT2D eigenvalue weighted by molar-refractivity contribution is 6.02. The molecule has 0 radical (unpaired) electrons. The number of carbonyl (C=O) groups is 3. The van der Waals surface area contributed by atoms with Gasteiger partial charge in [0.1, 0.15) is 5.56 Å². The van der Waals surface area contributed by atoms with Crippen molar-refractivity contribution < 1.29 is 23.9 Å². The number of nitrogens with one attached hydrogen (secondary N) is 2. The molecule has 2 rings (SSSR count). The fourth-order valence-corrected chi connectivity index (χ4v) is 1.86. The number of hydrogen-bond donors (Lipinski definition) is 2. The first-order valence-corrected chi connectivity index (χ1v) is 6.85. The van der Waals surface area contributed by atoms with Gasteiger partial charge in [-0.1, -0.05) is 12.1 Å². The predicted octanol–water partition coefficient (Wildman–Crippen LogP) is 0.957. The second-order valence-corrected chi connectivity index (χ2v) is 4.57. The van der Waals surface area contributed by atoms with E-state index in [-0.39, 0.29) is 16.8 Å². The molecule has 1 aromatic carbocycles. The van der Waals surface area contributed by atoms with Crippen molar-refractivity contribution in [3.63, 3.8) is 0 Å². The molecule has 0 aliphatic carbocycles. The molecule has 8 heteroatoms. The molecule has 1 aromatic heterocycles. The van der Waals surface area contributed by atoms with Crippen molar-refractivity contribution in [3.05, 3.63) is 64.1 Å². The number of aromatic amines is 1. The summed E-state index contributed by atoms with van der Waals surface area (Å²) in [7, 11) is 1.22. The van der Waals surface area contributed by atoms with Crippen LogP contribution in [-0.2, 0) is 14.3 Å². The molecular weight excluding hydrogens is 316 g/mol. The average Bonchev–Trinajstić information content (AvgIpc) is 2.60. The maximum Gasteiger partial charge on any atom is 0.344 e. The van der Waals surface area contributed by atoms with Crippen LogP contribution in [0, 0.1) is 0 Å². The van der Waals surface area contributed by atoms with Crippen LogP contribution in [-0.4, -0.2) is 36.5 Å². The molecule has 0 aliphatic rings. The van der Waals surface area contributed by atoms with Gasteiger partial charge in [-0.05, 0) is 24.3 Å². The predicted molar refractivity (Wildman–Crippen MR) is 83.8 cm³/mol. The zero-order valence-electron chi connectivity index (χ0n) is 12.7. The van der Waals surface area contributed by atoms with Crippen LogP contribution in [0.4, 0.5) is 5.69 Å². The van der Waals surface area contributed by atoms with Crippen LogP contribution in [0.5, 0.6) is 0 Å². The van der Waals surface area contributed by atoms with E-state index >= 15 is 0 Å². The molecule has 24 heavy (non-hydrogen) atoms. The third-order valence-electron chi connectivity index (χ3n) is 2.98. The quantitative estimate of drug-likeness (QED) is 0.789. The van der Waals surface area contributed by atoms with Crippen molar-refractivity contribution in [1.29, 1.82) is 0 Å². The van der Waals surface area contributed by atoms with Gasteiger partial charge in [0.25, 0.3) is 11.5 Å². The van der Waals surface area contributed by atoms with Crippen molar-refractivity contribution >= 4 is 23.5 Å². The number of benzene rings is 1. The van der Waals surface area contributed by atoms with Crippen LogP contribution in [0.15, 0.2) is 47.4 Å². The van der Waals surface area contributed by atoms with Gasteiger partial charge in [-0.2, -0.15) is 0 Å². The normalized spacial score (nSPS) is 9.88. The number of ether oxygens (including phenoxy) is 2. The molecule has 124 valence electrons. The van der Waals surface area contributed by atoms with E-state index in [9.17, 15) is 19.2 Å². The molecule has 0 unspecified atom stereocenters. The molecule has 1 amide bonds. The maximum atomic E-state index is 11.9. The van der Waals surface area contributed by atoms with Crippen molar-refractivity contribution in [3.8, 4) is 0 Å². The summed E-state index contributed by atoms with van der Waals surface area (Å²) in [4.78, 5) is 49.0. The van der Waals surface area contributed by atoms with Crippen molar-refractivity contribution in [2.75, 3.05) is 19.0 Å². The Hall–Kier alpha value is -3.42. The van der Waals surface area contributed by atoms with Gasteiger partial charge in [-0.25, -0.2) is 9.59 Å². The molecule has 1 heterocycles. The first-order chi connectivity index (χ1) is 11.5. The van der Waals surface area contributed by atoms with Crippen LogP contribution in [0.25, 0.3) is 0 Å². The molecule has 2 N–H and O–H groups in total. The number of para-hydroxylation sites is 1. The molecule has 0 atom stereocenters. The van der Waals surface area contributed by atoms with Gasteiger partial charge >= 0.3 is 11.9 Å². The molecular formula is C16H14N2O6. The maximum absolute atomic E-state index is 11.9. The molecule has 0 fully saturated rings. The second-order valence-electron chi connectivity index (χ2n) is 4.57. The van der Waals surface area contributed by atoms with E-state index in [1.165, 1.54) is 37.6 Å². The van der Waals surface area contributed by atoms with E-state index in [1.54, 1.807) is 12.1 Å². The van der Waals surface area contributed by atoms with E-state index in [1.807, 2.05) is 0 Å². The number of hydrogen-bond acceptors (Lipinski definition) is 6. The average molecular weight is 330 g/mol. The number of H-pyrrole nitrogens is 1. The first kappa shape index (κ1) is 16.9. The molecule has 0 bridgehead atoms. The lowest BCUT2D eigenvalue weighted by molar-refractivity contribution is -0.119.